The predicted molar refractivity (Wildman–Crippen MR) is 177 cm³/mol. The molecule has 0 atom stereocenters. The monoisotopic (exact) mass is 566 g/mol. The van der Waals surface area contributed by atoms with Crippen molar-refractivity contribution in [3.8, 4) is 56.4 Å². The van der Waals surface area contributed by atoms with Crippen LogP contribution in [0.25, 0.3) is 78.4 Å². The summed E-state index contributed by atoms with van der Waals surface area (Å²) < 4.78 is 6.39. The van der Waals surface area contributed by atoms with E-state index in [9.17, 15) is 0 Å². The Morgan fingerprint density at radius 2 is 1.07 bits per heavy atom. The molecule has 44 heavy (non-hydrogen) atoms. The lowest BCUT2D eigenvalue weighted by atomic mass is 9.99. The first-order valence-electron chi connectivity index (χ1n) is 14.6. The zero-order valence-electron chi connectivity index (χ0n) is 24.0. The van der Waals surface area contributed by atoms with Crippen LogP contribution in [0.1, 0.15) is 5.69 Å². The van der Waals surface area contributed by atoms with E-state index in [-0.39, 0.29) is 0 Å². The van der Waals surface area contributed by atoms with E-state index in [1.807, 2.05) is 73.8 Å². The quantitative estimate of drug-likeness (QED) is 0.207. The smallest absolute Gasteiger partial charge is 0.164 e. The Bertz CT molecular complexity index is 2270. The molecule has 0 aliphatic rings. The summed E-state index contributed by atoms with van der Waals surface area (Å²) in [6.07, 6.45) is 1.84. The van der Waals surface area contributed by atoms with Gasteiger partial charge < -0.3 is 4.42 Å². The SMILES string of the molecule is Cc1cc(-c2ccc(-c3nc(-c4ccccc4)nc(-c4ccc5c(c4)oc4cccc(-c6ccccc6)c45)n3)cc2)ccn1. The Balaban J connectivity index is 1.25. The molecule has 5 aromatic carbocycles. The summed E-state index contributed by atoms with van der Waals surface area (Å²) in [4.78, 5) is 19.1. The van der Waals surface area contributed by atoms with E-state index in [0.29, 0.717) is 17.5 Å². The topological polar surface area (TPSA) is 64.7 Å². The molecule has 8 rings (SSSR count). The lowest BCUT2D eigenvalue weighted by molar-refractivity contribution is 0.669. The van der Waals surface area contributed by atoms with Gasteiger partial charge in [-0.2, -0.15) is 0 Å². The van der Waals surface area contributed by atoms with Crippen LogP contribution in [0.5, 0.6) is 0 Å². The highest BCUT2D eigenvalue weighted by Gasteiger charge is 2.16. The number of pyridine rings is 1. The Morgan fingerprint density at radius 3 is 1.77 bits per heavy atom. The van der Waals surface area contributed by atoms with Crippen molar-refractivity contribution in [1.82, 2.24) is 19.9 Å². The number of hydrogen-bond donors (Lipinski definition) is 0. The Morgan fingerprint density at radius 1 is 0.455 bits per heavy atom. The third kappa shape index (κ3) is 4.71. The molecular weight excluding hydrogens is 540 g/mol. The van der Waals surface area contributed by atoms with Gasteiger partial charge in [0, 0.05) is 39.4 Å². The van der Waals surface area contributed by atoms with Crippen molar-refractivity contribution in [3.63, 3.8) is 0 Å². The Hall–Kier alpha value is -5.94. The molecule has 0 saturated heterocycles. The minimum atomic E-state index is 0.591. The maximum Gasteiger partial charge on any atom is 0.164 e. The van der Waals surface area contributed by atoms with Gasteiger partial charge in [-0.3, -0.25) is 4.98 Å². The molecule has 0 spiro atoms. The van der Waals surface area contributed by atoms with E-state index in [4.69, 9.17) is 19.4 Å². The highest BCUT2D eigenvalue weighted by atomic mass is 16.3. The van der Waals surface area contributed by atoms with Gasteiger partial charge in [-0.25, -0.2) is 15.0 Å². The van der Waals surface area contributed by atoms with Crippen LogP contribution in [0, 0.1) is 6.92 Å². The second kappa shape index (κ2) is 10.7. The van der Waals surface area contributed by atoms with Crippen molar-refractivity contribution in [3.05, 3.63) is 145 Å². The van der Waals surface area contributed by atoms with Gasteiger partial charge in [0.2, 0.25) is 0 Å². The largest absolute Gasteiger partial charge is 0.456 e. The first-order valence-corrected chi connectivity index (χ1v) is 14.6. The fraction of sp³-hybridized carbons (Fsp3) is 0.0256. The fourth-order valence-electron chi connectivity index (χ4n) is 5.71. The van der Waals surface area contributed by atoms with E-state index in [0.717, 1.165) is 66.6 Å². The van der Waals surface area contributed by atoms with Crippen LogP contribution >= 0.6 is 0 Å². The Labute approximate surface area is 254 Å². The van der Waals surface area contributed by atoms with E-state index in [2.05, 4.69) is 77.8 Å². The van der Waals surface area contributed by atoms with Gasteiger partial charge in [-0.1, -0.05) is 103 Å². The average molecular weight is 567 g/mol. The molecule has 208 valence electrons. The molecule has 0 unspecified atom stereocenters. The van der Waals surface area contributed by atoms with E-state index < -0.39 is 0 Å². The van der Waals surface area contributed by atoms with Crippen molar-refractivity contribution in [2.24, 2.45) is 0 Å². The van der Waals surface area contributed by atoms with Crippen molar-refractivity contribution >= 4 is 21.9 Å². The molecule has 3 heterocycles. The van der Waals surface area contributed by atoms with Gasteiger partial charge in [0.05, 0.1) is 0 Å². The van der Waals surface area contributed by atoms with E-state index in [1.165, 1.54) is 0 Å². The molecule has 0 saturated carbocycles. The van der Waals surface area contributed by atoms with Crippen LogP contribution in [-0.4, -0.2) is 19.9 Å². The van der Waals surface area contributed by atoms with Gasteiger partial charge in [-0.05, 0) is 59.5 Å². The number of nitrogens with zero attached hydrogens (tertiary/aromatic N) is 4. The number of rotatable bonds is 5. The molecule has 0 aliphatic carbocycles. The van der Waals surface area contributed by atoms with Crippen molar-refractivity contribution in [2.75, 3.05) is 0 Å². The number of aromatic nitrogens is 4. The molecule has 5 nitrogen and oxygen atoms in total. The van der Waals surface area contributed by atoms with Crippen LogP contribution in [0.15, 0.2) is 144 Å². The third-order valence-corrected chi connectivity index (χ3v) is 7.88. The second-order valence-electron chi connectivity index (χ2n) is 10.8. The molecular formula is C39H26N4O. The van der Waals surface area contributed by atoms with Gasteiger partial charge in [0.25, 0.3) is 0 Å². The summed E-state index contributed by atoms with van der Waals surface area (Å²) in [7, 11) is 0. The normalized spacial score (nSPS) is 11.3. The van der Waals surface area contributed by atoms with Gasteiger partial charge in [0.1, 0.15) is 11.2 Å². The van der Waals surface area contributed by atoms with Crippen LogP contribution < -0.4 is 0 Å². The number of aryl methyl sites for hydroxylation is 1. The van der Waals surface area contributed by atoms with Gasteiger partial charge in [-0.15, -0.1) is 0 Å². The summed E-state index contributed by atoms with van der Waals surface area (Å²) in [5.41, 5.74) is 9.88. The lowest BCUT2D eigenvalue weighted by Gasteiger charge is -2.09. The van der Waals surface area contributed by atoms with Crippen LogP contribution in [0.3, 0.4) is 0 Å². The number of furan rings is 1. The molecule has 3 aromatic heterocycles. The standard InChI is InChI=1S/C39H26N4O/c1-25-23-30(21-22-40-25)26-15-17-29(18-16-26)38-41-37(28-11-6-3-7-12-28)42-39(43-38)31-19-20-33-35(24-31)44-34-14-8-13-32(36(33)34)27-9-4-2-5-10-27/h2-24H,1H3. The summed E-state index contributed by atoms with van der Waals surface area (Å²) in [6.45, 7) is 2.00. The zero-order chi connectivity index (χ0) is 29.5. The number of fused-ring (bicyclic) bond motifs is 3. The molecule has 5 heteroatoms. The third-order valence-electron chi connectivity index (χ3n) is 7.88. The zero-order valence-corrected chi connectivity index (χ0v) is 24.0. The molecule has 0 aliphatic heterocycles. The van der Waals surface area contributed by atoms with Crippen molar-refractivity contribution in [2.45, 2.75) is 6.92 Å². The molecule has 8 aromatic rings. The Kier molecular flexibility index (Phi) is 6.27. The predicted octanol–water partition coefficient (Wildman–Crippen LogP) is 9.81. The van der Waals surface area contributed by atoms with Gasteiger partial charge >= 0.3 is 0 Å². The van der Waals surface area contributed by atoms with Crippen LogP contribution in [0.4, 0.5) is 0 Å². The first kappa shape index (κ1) is 25.7. The van der Waals surface area contributed by atoms with Crippen LogP contribution in [0.2, 0.25) is 0 Å². The lowest BCUT2D eigenvalue weighted by Crippen LogP contribution is -2.00. The summed E-state index contributed by atoms with van der Waals surface area (Å²) in [5.74, 6) is 1.83. The van der Waals surface area contributed by atoms with E-state index >= 15 is 0 Å². The molecule has 0 amide bonds. The van der Waals surface area contributed by atoms with Crippen molar-refractivity contribution in [1.29, 1.82) is 0 Å². The minimum absolute atomic E-state index is 0.591. The summed E-state index contributed by atoms with van der Waals surface area (Å²) in [5, 5.41) is 2.16. The van der Waals surface area contributed by atoms with E-state index in [1.54, 1.807) is 0 Å². The highest BCUT2D eigenvalue weighted by molar-refractivity contribution is 6.12. The average Bonchev–Trinajstić information content (AvgIpc) is 3.47. The molecule has 0 fully saturated rings. The summed E-state index contributed by atoms with van der Waals surface area (Å²) in [6, 6.07) is 45.3. The summed E-state index contributed by atoms with van der Waals surface area (Å²) >= 11 is 0. The fourth-order valence-corrected chi connectivity index (χ4v) is 5.71. The maximum absolute atomic E-state index is 6.39. The van der Waals surface area contributed by atoms with Gasteiger partial charge in [0.15, 0.2) is 17.5 Å². The first-order chi connectivity index (χ1) is 21.7. The number of hydrogen-bond acceptors (Lipinski definition) is 5. The highest BCUT2D eigenvalue weighted by Crippen LogP contribution is 2.38. The molecule has 0 bridgehead atoms. The molecule has 0 radical (unpaired) electrons. The van der Waals surface area contributed by atoms with Crippen molar-refractivity contribution < 1.29 is 4.42 Å². The number of benzene rings is 5. The maximum atomic E-state index is 6.39. The minimum Gasteiger partial charge on any atom is -0.456 e. The van der Waals surface area contributed by atoms with Crippen LogP contribution in [-0.2, 0) is 0 Å². The molecule has 0 N–H and O–H groups in total. The second-order valence-corrected chi connectivity index (χ2v) is 10.8.